The van der Waals surface area contributed by atoms with Crippen LogP contribution in [0, 0.1) is 5.82 Å². The minimum atomic E-state index is -3.71. The van der Waals surface area contributed by atoms with Crippen molar-refractivity contribution in [2.24, 2.45) is 5.14 Å². The van der Waals surface area contributed by atoms with E-state index in [1.165, 1.54) is 18.2 Å². The molecule has 0 aliphatic heterocycles. The SMILES string of the molecule is NS(=O)(=O)c1ccc(C2=C(c3ccc(Cl)cc3F)CCC2)cc1. The standard InChI is InChI=1S/C17H15ClFNO2S/c18-12-6-9-16(17(19)10-12)15-3-1-2-14(15)11-4-7-13(8-5-11)23(20,21)22/h4-10H,1-3H2,(H2,20,21,22). The number of allylic oxidation sites excluding steroid dienone is 2. The Morgan fingerprint density at radius 1 is 1.00 bits per heavy atom. The zero-order valence-electron chi connectivity index (χ0n) is 12.2. The van der Waals surface area contributed by atoms with Crippen LogP contribution in [0.2, 0.25) is 5.02 Å². The van der Waals surface area contributed by atoms with Gasteiger partial charge in [-0.05, 0) is 60.2 Å². The molecule has 3 nitrogen and oxygen atoms in total. The summed E-state index contributed by atoms with van der Waals surface area (Å²) in [6.45, 7) is 0. The van der Waals surface area contributed by atoms with Gasteiger partial charge in [0, 0.05) is 10.6 Å². The normalized spacial score (nSPS) is 15.3. The van der Waals surface area contributed by atoms with Crippen LogP contribution >= 0.6 is 11.6 Å². The lowest BCUT2D eigenvalue weighted by Gasteiger charge is -2.10. The van der Waals surface area contributed by atoms with Gasteiger partial charge >= 0.3 is 0 Å². The summed E-state index contributed by atoms with van der Waals surface area (Å²) in [5, 5.41) is 5.48. The summed E-state index contributed by atoms with van der Waals surface area (Å²) in [6, 6.07) is 11.1. The van der Waals surface area contributed by atoms with Crippen LogP contribution in [0.4, 0.5) is 4.39 Å². The van der Waals surface area contributed by atoms with Crippen LogP contribution < -0.4 is 5.14 Å². The van der Waals surface area contributed by atoms with Gasteiger partial charge in [0.05, 0.1) is 4.90 Å². The van der Waals surface area contributed by atoms with Gasteiger partial charge < -0.3 is 0 Å². The highest BCUT2D eigenvalue weighted by molar-refractivity contribution is 7.89. The average Bonchev–Trinajstić information content (AvgIpc) is 2.95. The molecule has 0 saturated carbocycles. The first-order valence-corrected chi connectivity index (χ1v) is 9.09. The van der Waals surface area contributed by atoms with Gasteiger partial charge in [-0.2, -0.15) is 0 Å². The predicted molar refractivity (Wildman–Crippen MR) is 89.9 cm³/mol. The zero-order chi connectivity index (χ0) is 16.6. The molecule has 2 N–H and O–H groups in total. The van der Waals surface area contributed by atoms with Crippen molar-refractivity contribution in [1.82, 2.24) is 0 Å². The number of hydrogen-bond donors (Lipinski definition) is 1. The van der Waals surface area contributed by atoms with Crippen LogP contribution in [0.1, 0.15) is 30.4 Å². The first-order valence-electron chi connectivity index (χ1n) is 7.17. The number of rotatable bonds is 3. The molecule has 2 aromatic carbocycles. The van der Waals surface area contributed by atoms with Crippen LogP contribution in [0.15, 0.2) is 47.4 Å². The molecule has 23 heavy (non-hydrogen) atoms. The quantitative estimate of drug-likeness (QED) is 0.899. The Balaban J connectivity index is 2.06. The number of nitrogens with two attached hydrogens (primary N) is 1. The maximum Gasteiger partial charge on any atom is 0.238 e. The van der Waals surface area contributed by atoms with Crippen molar-refractivity contribution in [2.45, 2.75) is 24.2 Å². The molecule has 0 bridgehead atoms. The van der Waals surface area contributed by atoms with Crippen molar-refractivity contribution in [3.63, 3.8) is 0 Å². The van der Waals surface area contributed by atoms with E-state index in [9.17, 15) is 12.8 Å². The number of hydrogen-bond acceptors (Lipinski definition) is 2. The minimum absolute atomic E-state index is 0.0686. The van der Waals surface area contributed by atoms with Crippen LogP contribution in [0.25, 0.3) is 11.1 Å². The molecule has 2 aromatic rings. The summed E-state index contributed by atoms with van der Waals surface area (Å²) in [4.78, 5) is 0.0686. The summed E-state index contributed by atoms with van der Waals surface area (Å²) in [6.07, 6.45) is 2.54. The number of halogens is 2. The molecule has 0 heterocycles. The molecule has 3 rings (SSSR count). The van der Waals surface area contributed by atoms with E-state index < -0.39 is 10.0 Å². The fraction of sp³-hybridized carbons (Fsp3) is 0.176. The smallest absolute Gasteiger partial charge is 0.225 e. The van der Waals surface area contributed by atoms with Gasteiger partial charge in [-0.15, -0.1) is 0 Å². The number of primary sulfonamides is 1. The Bertz CT molecular complexity index is 889. The zero-order valence-corrected chi connectivity index (χ0v) is 13.8. The van der Waals surface area contributed by atoms with E-state index in [4.69, 9.17) is 16.7 Å². The third kappa shape index (κ3) is 3.32. The molecule has 0 unspecified atom stereocenters. The molecule has 120 valence electrons. The van der Waals surface area contributed by atoms with Crippen LogP contribution in [-0.4, -0.2) is 8.42 Å². The van der Waals surface area contributed by atoms with Gasteiger partial charge in [-0.1, -0.05) is 29.8 Å². The largest absolute Gasteiger partial charge is 0.238 e. The molecule has 0 amide bonds. The second-order valence-corrected chi connectivity index (χ2v) is 7.50. The van der Waals surface area contributed by atoms with E-state index in [1.54, 1.807) is 24.3 Å². The van der Waals surface area contributed by atoms with Gasteiger partial charge in [-0.25, -0.2) is 17.9 Å². The summed E-state index contributed by atoms with van der Waals surface area (Å²) >= 11 is 5.81. The summed E-state index contributed by atoms with van der Waals surface area (Å²) in [5.41, 5.74) is 3.42. The molecule has 0 atom stereocenters. The van der Waals surface area contributed by atoms with Crippen LogP contribution in [0.5, 0.6) is 0 Å². The van der Waals surface area contributed by atoms with Gasteiger partial charge in [0.15, 0.2) is 0 Å². The van der Waals surface area contributed by atoms with E-state index in [2.05, 4.69) is 0 Å². The topological polar surface area (TPSA) is 60.2 Å². The first kappa shape index (κ1) is 16.2. The molecule has 1 aliphatic rings. The Morgan fingerprint density at radius 2 is 1.65 bits per heavy atom. The highest BCUT2D eigenvalue weighted by Crippen LogP contribution is 2.41. The van der Waals surface area contributed by atoms with Gasteiger partial charge in [0.1, 0.15) is 5.82 Å². The molecule has 0 aromatic heterocycles. The van der Waals surface area contributed by atoms with Gasteiger partial charge in [0.25, 0.3) is 0 Å². The summed E-state index contributed by atoms with van der Waals surface area (Å²) < 4.78 is 36.9. The van der Waals surface area contributed by atoms with Crippen molar-refractivity contribution in [2.75, 3.05) is 0 Å². The van der Waals surface area contributed by atoms with Gasteiger partial charge in [-0.3, -0.25) is 0 Å². The highest BCUT2D eigenvalue weighted by Gasteiger charge is 2.20. The number of sulfonamides is 1. The van der Waals surface area contributed by atoms with Crippen molar-refractivity contribution < 1.29 is 12.8 Å². The third-order valence-corrected chi connectivity index (χ3v) is 5.17. The molecule has 6 heteroatoms. The molecule has 0 saturated heterocycles. The van der Waals surface area contributed by atoms with Crippen LogP contribution in [0.3, 0.4) is 0 Å². The number of benzene rings is 2. The monoisotopic (exact) mass is 351 g/mol. The van der Waals surface area contributed by atoms with E-state index in [-0.39, 0.29) is 10.7 Å². The first-order chi connectivity index (χ1) is 10.9. The summed E-state index contributed by atoms with van der Waals surface area (Å²) in [7, 11) is -3.71. The van der Waals surface area contributed by atoms with E-state index >= 15 is 0 Å². The van der Waals surface area contributed by atoms with Crippen molar-refractivity contribution in [3.05, 3.63) is 64.4 Å². The van der Waals surface area contributed by atoms with E-state index in [0.29, 0.717) is 10.6 Å². The fourth-order valence-electron chi connectivity index (χ4n) is 2.94. The van der Waals surface area contributed by atoms with Crippen molar-refractivity contribution >= 4 is 32.8 Å². The Kier molecular flexibility index (Phi) is 4.27. The van der Waals surface area contributed by atoms with Crippen molar-refractivity contribution in [3.8, 4) is 0 Å². The Hall–Kier alpha value is -1.69. The highest BCUT2D eigenvalue weighted by atomic mass is 35.5. The maximum absolute atomic E-state index is 14.2. The third-order valence-electron chi connectivity index (χ3n) is 4.01. The fourth-order valence-corrected chi connectivity index (χ4v) is 3.61. The van der Waals surface area contributed by atoms with E-state index in [1.807, 2.05) is 0 Å². The molecular weight excluding hydrogens is 337 g/mol. The molecule has 0 fully saturated rings. The Morgan fingerprint density at radius 3 is 2.26 bits per heavy atom. The van der Waals surface area contributed by atoms with E-state index in [0.717, 1.165) is 36.0 Å². The predicted octanol–water partition coefficient (Wildman–Crippen LogP) is 4.22. The lowest BCUT2D eigenvalue weighted by molar-refractivity contribution is 0.598. The second kappa shape index (κ2) is 6.07. The molecular formula is C17H15ClFNO2S. The lowest BCUT2D eigenvalue weighted by Crippen LogP contribution is -2.11. The van der Waals surface area contributed by atoms with Crippen molar-refractivity contribution in [1.29, 1.82) is 0 Å². The molecule has 1 aliphatic carbocycles. The summed E-state index contributed by atoms with van der Waals surface area (Å²) in [5.74, 6) is -0.340. The molecule has 0 radical (unpaired) electrons. The van der Waals surface area contributed by atoms with Gasteiger partial charge in [0.2, 0.25) is 10.0 Å². The minimum Gasteiger partial charge on any atom is -0.225 e. The maximum atomic E-state index is 14.2. The molecule has 0 spiro atoms. The second-order valence-electron chi connectivity index (χ2n) is 5.50. The van der Waals surface area contributed by atoms with Crippen LogP contribution in [-0.2, 0) is 10.0 Å². The Labute approximate surface area is 139 Å². The lowest BCUT2D eigenvalue weighted by atomic mass is 9.97. The average molecular weight is 352 g/mol.